The smallest absolute Gasteiger partial charge is 0.246 e. The van der Waals surface area contributed by atoms with Crippen LogP contribution in [0.2, 0.25) is 0 Å². The van der Waals surface area contributed by atoms with Gasteiger partial charge in [0.2, 0.25) is 100 Å². The summed E-state index contributed by atoms with van der Waals surface area (Å²) >= 11 is 0.770. The number of phenolic OH excluding ortho intramolecular Hbond substituents is 1. The van der Waals surface area contributed by atoms with Gasteiger partial charge >= 0.3 is 0 Å². The van der Waals surface area contributed by atoms with Crippen LogP contribution in [0.3, 0.4) is 0 Å². The molecule has 5 heterocycles. The monoisotopic (exact) mass is 1780 g/mol. The lowest BCUT2D eigenvalue weighted by Gasteiger charge is -2.34. The van der Waals surface area contributed by atoms with E-state index in [2.05, 4.69) is 63.1 Å². The number of thioether (sulfide) groups is 1. The molecule has 3 fully saturated rings. The molecule has 23 N–H and O–H groups in total. The second-order valence-corrected chi connectivity index (χ2v) is 32.6. The molecule has 3 saturated heterocycles. The van der Waals surface area contributed by atoms with Crippen molar-refractivity contribution in [3.05, 3.63) is 102 Å². The summed E-state index contributed by atoms with van der Waals surface area (Å²) in [7, 11) is 3.76. The van der Waals surface area contributed by atoms with Crippen molar-refractivity contribution < 1.29 is 107 Å². The molecule has 0 saturated carbocycles. The van der Waals surface area contributed by atoms with Crippen LogP contribution < -0.4 is 70.4 Å². The molecular formula is C83H116N20O22S. The minimum atomic E-state index is -1.90. The number of unbranched alkanes of at least 4 members (excludes halogenated alkanes) is 2. The number of nitrogens with one attached hydrogen (secondary N) is 12. The standard InChI is InChI=1S/C83H116N20O22S/c1-7-8-21-64-76(118)95-60(35-67(85)109)83(125)102-29-15-22-65(102)77(119)97-62(41-106)74(116)92-56(27-30-104)82(124)103-39-50(108)34-66(103)78(120)93-57(32-47-36-87-53-18-11-9-16-51(47)53)73(115)96-61(40-105)75(117)94-59(33-48-37-88-54-19-12-10-17-52(48)54)80(122)100(5)45(3)79(121)99(4)44(2)70(112)91-55(20-13-14-28-84)72(114)98-63(71(113)89-38-68(86)110)42-126-43-69(111)90-58(81(123)101(64)6)31-46-23-25-49(107)26-24-46/h9-12,16-19,23-26,36-37,44-45,50,55-66,87-88,104-108H,7-8,13-15,20-22,27-35,38-43,84H2,1-6H3,(H2,85,109)(H2,86,110)(H,89,113)(H,90,111)(H,91,112)(H,92,116)(H,93,120)(H,94,117)(H,95,118)(H,96,115)(H,97,119)(H,98,114)/t44-,45-,50+,55-,56-,57-,58-,59-,60+,61-,62-,63-,64-,65-,66-/m0/s1. The fraction of sp³-hybridized carbons (Fsp3) is 0.530. The number of nitrogens with zero attached hydrogens (tertiary/aromatic N) is 5. The van der Waals surface area contributed by atoms with Gasteiger partial charge in [-0.1, -0.05) is 68.3 Å². The Kier molecular flexibility index (Phi) is 37.1. The number of hydrogen-bond donors (Lipinski definition) is 20. The van der Waals surface area contributed by atoms with Gasteiger partial charge in [-0.25, -0.2) is 0 Å². The van der Waals surface area contributed by atoms with Gasteiger partial charge in [0.05, 0.1) is 38.0 Å². The van der Waals surface area contributed by atoms with Crippen LogP contribution in [0, 0.1) is 0 Å². The zero-order chi connectivity index (χ0) is 92.3. The van der Waals surface area contributed by atoms with Gasteiger partial charge in [-0.3, -0.25) is 81.5 Å². The number of benzene rings is 3. The molecule has 0 spiro atoms. The van der Waals surface area contributed by atoms with Crippen LogP contribution in [0.1, 0.15) is 108 Å². The SMILES string of the molecule is CCCC[C@H]1C(=O)N[C@H](CC(N)=O)C(=O)N2CCC[C@H]2C(=O)N[C@@H](CO)C(=O)N[C@@H](CCO)C(=O)N2C[C@H](O)C[C@H]2C(=O)N[C@@H](Cc2c[nH]c3ccccc23)C(=O)N[C@@H](CO)C(=O)N[C@@H](Cc2c[nH]c3ccccc23)C(=O)N(C)[C@@H](C)C(=O)N(C)[C@@H](C)C(=O)N[C@@H](CCCCN)C(=O)N[C@H](C(=O)NCC(N)=O)CSCC(=O)N[C@@H](Cc2ccc(O)cc2)C(=O)N1C. The third-order valence-corrected chi connectivity index (χ3v) is 23.6. The predicted molar refractivity (Wildman–Crippen MR) is 457 cm³/mol. The summed E-state index contributed by atoms with van der Waals surface area (Å²) < 4.78 is 0. The van der Waals surface area contributed by atoms with Crippen molar-refractivity contribution in [2.75, 3.05) is 78.6 Å². The molecule has 43 heteroatoms. The van der Waals surface area contributed by atoms with E-state index in [9.17, 15) is 97.5 Å². The van der Waals surface area contributed by atoms with Crippen molar-refractivity contribution in [1.29, 1.82) is 0 Å². The van der Waals surface area contributed by atoms with Crippen LogP contribution in [0.15, 0.2) is 85.2 Å². The number of aliphatic hydroxyl groups is 4. The van der Waals surface area contributed by atoms with Crippen molar-refractivity contribution in [2.45, 2.75) is 201 Å². The van der Waals surface area contributed by atoms with E-state index in [1.54, 1.807) is 67.8 Å². The van der Waals surface area contributed by atoms with E-state index in [4.69, 9.17) is 17.2 Å². The van der Waals surface area contributed by atoms with E-state index < -0.39 is 255 Å². The number of amides is 17. The fourth-order valence-electron chi connectivity index (χ4n) is 15.2. The highest BCUT2D eigenvalue weighted by Crippen LogP contribution is 2.27. The molecule has 0 bridgehead atoms. The molecular weight excluding hydrogens is 1660 g/mol. The van der Waals surface area contributed by atoms with Crippen molar-refractivity contribution >= 4 is 134 Å². The Morgan fingerprint density at radius 1 is 0.516 bits per heavy atom. The summed E-state index contributed by atoms with van der Waals surface area (Å²) in [4.78, 5) is 256. The maximum absolute atomic E-state index is 15.2. The van der Waals surface area contributed by atoms with Crippen LogP contribution in [0.25, 0.3) is 21.8 Å². The Hall–Kier alpha value is -12.3. The van der Waals surface area contributed by atoms with Crippen LogP contribution in [-0.4, -0.2) is 330 Å². The first kappa shape index (κ1) is 99.1. The van der Waals surface area contributed by atoms with Gasteiger partial charge in [-0.05, 0) is 106 Å². The lowest BCUT2D eigenvalue weighted by Crippen LogP contribution is -2.61. The number of fused-ring (bicyclic) bond motifs is 4. The topological polar surface area (TPSA) is 637 Å². The van der Waals surface area contributed by atoms with E-state index in [-0.39, 0.29) is 76.6 Å². The average Bonchev–Trinajstić information content (AvgIpc) is 1.62. The van der Waals surface area contributed by atoms with Gasteiger partial charge in [-0.15, -0.1) is 11.8 Å². The Balaban J connectivity index is 1.15. The van der Waals surface area contributed by atoms with Crippen molar-refractivity contribution in [3.63, 3.8) is 0 Å². The lowest BCUT2D eigenvalue weighted by molar-refractivity contribution is -0.148. The molecule has 3 aromatic carbocycles. The molecule has 3 aliphatic heterocycles. The number of aliphatic hydroxyl groups excluding tert-OH is 4. The Morgan fingerprint density at radius 2 is 1.04 bits per heavy atom. The minimum Gasteiger partial charge on any atom is -0.508 e. The summed E-state index contributed by atoms with van der Waals surface area (Å²) in [5.74, 6) is -18.1. The highest BCUT2D eigenvalue weighted by molar-refractivity contribution is 8.00. The molecule has 15 atom stereocenters. The molecule has 5 aromatic rings. The first-order valence-corrected chi connectivity index (χ1v) is 42.8. The van der Waals surface area contributed by atoms with Gasteiger partial charge < -0.3 is 130 Å². The maximum atomic E-state index is 15.2. The molecule has 0 radical (unpaired) electrons. The molecule has 2 aromatic heterocycles. The van der Waals surface area contributed by atoms with E-state index in [1.807, 2.05) is 0 Å². The number of hydrogen-bond acceptors (Lipinski definition) is 24. The second-order valence-electron chi connectivity index (χ2n) is 31.6. The highest BCUT2D eigenvalue weighted by atomic mass is 32.2. The third kappa shape index (κ3) is 26.6. The minimum absolute atomic E-state index is 0.0745. The van der Waals surface area contributed by atoms with Crippen LogP contribution >= 0.6 is 11.8 Å². The first-order valence-electron chi connectivity index (χ1n) is 41.7. The number of H-pyrrole nitrogens is 2. The first-order chi connectivity index (χ1) is 60.0. The molecule has 0 unspecified atom stereocenters. The number of likely N-dealkylation sites (N-methyl/N-ethyl adjacent to an activating group) is 3. The molecule has 17 amide bonds. The zero-order valence-corrected chi connectivity index (χ0v) is 71.9. The van der Waals surface area contributed by atoms with E-state index in [0.717, 1.165) is 36.3 Å². The van der Waals surface area contributed by atoms with Crippen molar-refractivity contribution in [2.24, 2.45) is 17.2 Å². The molecule has 126 heavy (non-hydrogen) atoms. The summed E-state index contributed by atoms with van der Waals surface area (Å²) in [5, 5.41) is 80.0. The molecule has 42 nitrogen and oxygen atoms in total. The number of carbonyl (C=O) groups is 17. The molecule has 0 aliphatic carbocycles. The molecule has 8 rings (SSSR count). The number of aromatic amines is 2. The van der Waals surface area contributed by atoms with Gasteiger partial charge in [0, 0.05) is 106 Å². The van der Waals surface area contributed by atoms with Gasteiger partial charge in [0.25, 0.3) is 0 Å². The second kappa shape index (κ2) is 47.1. The fourth-order valence-corrected chi connectivity index (χ4v) is 16.1. The van der Waals surface area contributed by atoms with Crippen LogP contribution in [0.5, 0.6) is 5.75 Å². The summed E-state index contributed by atoms with van der Waals surface area (Å²) in [6.07, 6.45) is 0.142. The molecule has 3 aliphatic rings. The number of rotatable bonds is 22. The van der Waals surface area contributed by atoms with E-state index >= 15 is 9.59 Å². The van der Waals surface area contributed by atoms with Crippen LogP contribution in [0.4, 0.5) is 0 Å². The number of nitrogens with two attached hydrogens (primary N) is 3. The Bertz CT molecular complexity index is 4740. The van der Waals surface area contributed by atoms with Crippen molar-refractivity contribution in [3.8, 4) is 5.75 Å². The van der Waals surface area contributed by atoms with Crippen LogP contribution in [-0.2, 0) is 101 Å². The van der Waals surface area contributed by atoms with E-state index in [0.29, 0.717) is 51.3 Å². The largest absolute Gasteiger partial charge is 0.508 e. The van der Waals surface area contributed by atoms with E-state index in [1.165, 1.54) is 59.3 Å². The number of aromatic hydroxyl groups is 1. The quantitative estimate of drug-likeness (QED) is 0.0287. The summed E-state index contributed by atoms with van der Waals surface area (Å²) in [6.45, 7) is 0.106. The van der Waals surface area contributed by atoms with Gasteiger partial charge in [-0.2, -0.15) is 0 Å². The number of aromatic nitrogens is 2. The normalized spacial score (nSPS) is 25.7. The van der Waals surface area contributed by atoms with Gasteiger partial charge in [0.15, 0.2) is 0 Å². The Labute approximate surface area is 730 Å². The number of para-hydroxylation sites is 2. The molecule has 686 valence electrons. The summed E-state index contributed by atoms with van der Waals surface area (Å²) in [5.41, 5.74) is 19.5. The zero-order valence-electron chi connectivity index (χ0n) is 71.1. The maximum Gasteiger partial charge on any atom is 0.246 e. The third-order valence-electron chi connectivity index (χ3n) is 22.6. The highest BCUT2D eigenvalue weighted by Gasteiger charge is 2.46. The average molecular weight is 1780 g/mol. The van der Waals surface area contributed by atoms with Crippen molar-refractivity contribution in [1.82, 2.24) is 87.6 Å². The van der Waals surface area contributed by atoms with Gasteiger partial charge in [0.1, 0.15) is 90.3 Å². The number of primary amides is 2. The Morgan fingerprint density at radius 3 is 1.63 bits per heavy atom. The lowest BCUT2D eigenvalue weighted by atomic mass is 10.0. The number of carbonyl (C=O) groups excluding carboxylic acids is 17. The number of phenols is 1. The predicted octanol–water partition coefficient (Wildman–Crippen LogP) is -5.87. The summed E-state index contributed by atoms with van der Waals surface area (Å²) in [6, 6.07) is -3.20.